The van der Waals surface area contributed by atoms with Crippen LogP contribution in [-0.2, 0) is 19.2 Å². The minimum Gasteiger partial charge on any atom is -0.372 e. The van der Waals surface area contributed by atoms with Gasteiger partial charge in [-0.3, -0.25) is 23.9 Å². The van der Waals surface area contributed by atoms with Gasteiger partial charge in [-0.25, -0.2) is 0 Å². The average Bonchev–Trinajstić information content (AvgIpc) is 2.74. The summed E-state index contributed by atoms with van der Waals surface area (Å²) in [6.07, 6.45) is 4.21. The fourth-order valence-electron chi connectivity index (χ4n) is 2.42. The molecule has 0 radical (unpaired) electrons. The Bertz CT molecular complexity index is 555. The quantitative estimate of drug-likeness (QED) is 0.0730. The molecule has 0 aliphatic carbocycles. The molecule has 0 saturated heterocycles. The number of carbonyl (C=O) groups excluding carboxylic acids is 4. The van der Waals surface area contributed by atoms with Crippen LogP contribution < -0.4 is 26.4 Å². The van der Waals surface area contributed by atoms with Gasteiger partial charge in [0.05, 0.1) is 0 Å². The Morgan fingerprint density at radius 3 is 2.03 bits per heavy atom. The normalized spacial score (nSPS) is 11.4. The van der Waals surface area contributed by atoms with E-state index < -0.39 is 0 Å². The van der Waals surface area contributed by atoms with Crippen LogP contribution >= 0.6 is 33.5 Å². The van der Waals surface area contributed by atoms with Crippen molar-refractivity contribution in [1.29, 1.82) is 0 Å². The predicted octanol–water partition coefficient (Wildman–Crippen LogP) is 2.60. The van der Waals surface area contributed by atoms with E-state index in [1.54, 1.807) is 33.5 Å². The first kappa shape index (κ1) is 35.1. The molecule has 0 bridgehead atoms. The maximum Gasteiger partial charge on any atom is 0.221 e. The molecule has 0 rings (SSSR count). The third-order valence-corrected chi connectivity index (χ3v) is 7.71. The van der Waals surface area contributed by atoms with Gasteiger partial charge in [0.1, 0.15) is 0 Å². The summed E-state index contributed by atoms with van der Waals surface area (Å²) in [6.45, 7) is 12.1. The summed E-state index contributed by atoms with van der Waals surface area (Å²) in [4.78, 5) is 44.0. The van der Waals surface area contributed by atoms with Gasteiger partial charge in [-0.2, -0.15) is 0 Å². The van der Waals surface area contributed by atoms with E-state index in [2.05, 4.69) is 54.1 Å². The molecule has 1 atom stereocenters. The predicted molar refractivity (Wildman–Crippen MR) is 147 cm³/mol. The van der Waals surface area contributed by atoms with Crippen molar-refractivity contribution in [2.24, 2.45) is 5.73 Å². The van der Waals surface area contributed by atoms with Gasteiger partial charge in [-0.05, 0) is 26.2 Å². The van der Waals surface area contributed by atoms with Crippen molar-refractivity contribution in [3.05, 3.63) is 0 Å². The lowest BCUT2D eigenvalue weighted by Crippen LogP contribution is -2.36. The summed E-state index contributed by atoms with van der Waals surface area (Å²) in [5.74, 6) is 0.852. The molecule has 200 valence electrons. The molecule has 0 fully saturated rings. The monoisotopic (exact) mass is 539 g/mol. The van der Waals surface area contributed by atoms with E-state index >= 15 is 0 Å². The Balaban J connectivity index is 0. The minimum absolute atomic E-state index is 0.0444. The van der Waals surface area contributed by atoms with Gasteiger partial charge in [-0.1, -0.05) is 61.2 Å². The van der Waals surface area contributed by atoms with Gasteiger partial charge in [0.25, 0.3) is 0 Å². The van der Waals surface area contributed by atoms with Crippen LogP contribution in [0.15, 0.2) is 0 Å². The highest BCUT2D eigenvalue weighted by Gasteiger charge is 2.09. The molecule has 34 heavy (non-hydrogen) atoms. The highest BCUT2D eigenvalue weighted by molar-refractivity contribution is 8.76. The highest BCUT2D eigenvalue weighted by atomic mass is 33.1. The largest absolute Gasteiger partial charge is 0.372 e. The van der Waals surface area contributed by atoms with Crippen molar-refractivity contribution in [3.63, 3.8) is 0 Å². The summed E-state index contributed by atoms with van der Waals surface area (Å²) >= 11 is 1.61. The lowest BCUT2D eigenvalue weighted by atomic mass is 10.1. The second-order valence-electron chi connectivity index (χ2n) is 8.08. The number of hydrogen-bond donors (Lipinski definition) is 5. The summed E-state index contributed by atoms with van der Waals surface area (Å²) in [5.41, 5.74) is 4.17. The van der Waals surface area contributed by atoms with Gasteiger partial charge in [-0.15, -0.1) is 0 Å². The molecule has 0 aromatic heterocycles. The van der Waals surface area contributed by atoms with E-state index in [-0.39, 0.29) is 36.6 Å². The van der Waals surface area contributed by atoms with Crippen molar-refractivity contribution in [1.82, 2.24) is 20.7 Å². The first-order chi connectivity index (χ1) is 16.1. The standard InChI is InChI=1S/C21H42N4O3S3.CH3NO/c1-16(2)30-24-14-10-19(26)23-13-9-21(28)25-18(5)8-6-7-12-22-20(27)11-15-29-31-17(3)4;2-1-3/h16-18,24H,6-15H2,1-5H3,(H,22,27)(H,23,26)(H,25,28);1H,(H2,2,3). The van der Waals surface area contributed by atoms with Gasteiger partial charge in [0.15, 0.2) is 0 Å². The first-order valence-electron chi connectivity index (χ1n) is 11.8. The van der Waals surface area contributed by atoms with Crippen LogP contribution in [0.25, 0.3) is 0 Å². The number of amides is 4. The molecule has 9 nitrogen and oxygen atoms in total. The third kappa shape index (κ3) is 28.9. The molecule has 4 amide bonds. The molecule has 6 N–H and O–H groups in total. The van der Waals surface area contributed by atoms with Crippen LogP contribution in [-0.4, -0.2) is 66.1 Å². The molecular weight excluding hydrogens is 494 g/mol. The SMILES string of the molecule is CC(CCCCNC(=O)CCSSC(C)C)NC(=O)CCNC(=O)CCNSC(C)C.NC=O. The Kier molecular flexibility index (Phi) is 25.8. The number of unbranched alkanes of at least 4 members (excludes halogenated alkanes) is 1. The highest BCUT2D eigenvalue weighted by Crippen LogP contribution is 2.26. The number of nitrogens with two attached hydrogens (primary N) is 1. The van der Waals surface area contributed by atoms with Gasteiger partial charge < -0.3 is 21.7 Å². The second kappa shape index (κ2) is 25.0. The Morgan fingerprint density at radius 2 is 1.41 bits per heavy atom. The Hall–Kier alpha value is -1.11. The lowest BCUT2D eigenvalue weighted by Gasteiger charge is -2.14. The number of rotatable bonds is 19. The molecule has 0 heterocycles. The number of nitrogens with one attached hydrogen (secondary N) is 4. The van der Waals surface area contributed by atoms with E-state index in [1.807, 2.05) is 6.92 Å². The van der Waals surface area contributed by atoms with E-state index in [0.29, 0.717) is 43.0 Å². The lowest BCUT2D eigenvalue weighted by molar-refractivity contribution is -0.123. The molecule has 0 aliphatic rings. The number of primary amides is 1. The molecule has 0 saturated carbocycles. The number of carbonyl (C=O) groups is 4. The third-order valence-electron chi connectivity index (χ3n) is 3.91. The van der Waals surface area contributed by atoms with Crippen LogP contribution in [0.1, 0.15) is 73.1 Å². The maximum atomic E-state index is 12.0. The molecule has 0 aliphatic heterocycles. The Morgan fingerprint density at radius 1 is 0.824 bits per heavy atom. The minimum atomic E-state index is -0.0497. The summed E-state index contributed by atoms with van der Waals surface area (Å²) in [7, 11) is 3.55. The van der Waals surface area contributed by atoms with E-state index in [1.165, 1.54) is 0 Å². The van der Waals surface area contributed by atoms with E-state index in [4.69, 9.17) is 4.79 Å². The molecule has 0 aromatic rings. The summed E-state index contributed by atoms with van der Waals surface area (Å²) in [5, 5.41) is 9.75. The summed E-state index contributed by atoms with van der Waals surface area (Å²) < 4.78 is 3.14. The fourth-order valence-corrected chi connectivity index (χ4v) is 4.97. The summed E-state index contributed by atoms with van der Waals surface area (Å²) in [6, 6.07) is 0.0839. The molecular formula is C22H45N5O4S3. The van der Waals surface area contributed by atoms with Gasteiger partial charge >= 0.3 is 0 Å². The van der Waals surface area contributed by atoms with Crippen molar-refractivity contribution < 1.29 is 19.2 Å². The molecule has 1 unspecified atom stereocenters. The molecule has 12 heteroatoms. The smallest absolute Gasteiger partial charge is 0.221 e. The van der Waals surface area contributed by atoms with Crippen molar-refractivity contribution >= 4 is 57.7 Å². The van der Waals surface area contributed by atoms with Crippen molar-refractivity contribution in [2.75, 3.05) is 25.4 Å². The van der Waals surface area contributed by atoms with Crippen LogP contribution in [0, 0.1) is 0 Å². The van der Waals surface area contributed by atoms with Crippen LogP contribution in [0.5, 0.6) is 0 Å². The zero-order valence-corrected chi connectivity index (χ0v) is 23.8. The Labute approximate surface area is 217 Å². The fraction of sp³-hybridized carbons (Fsp3) is 0.818. The van der Waals surface area contributed by atoms with Crippen molar-refractivity contribution in [3.8, 4) is 0 Å². The zero-order chi connectivity index (χ0) is 26.2. The van der Waals surface area contributed by atoms with Crippen molar-refractivity contribution in [2.45, 2.75) is 89.7 Å². The topological polar surface area (TPSA) is 142 Å². The first-order valence-corrected chi connectivity index (χ1v) is 15.0. The van der Waals surface area contributed by atoms with Gasteiger partial charge in [0.2, 0.25) is 24.1 Å². The molecule has 0 aromatic carbocycles. The molecule has 0 spiro atoms. The maximum absolute atomic E-state index is 12.0. The van der Waals surface area contributed by atoms with Crippen LogP contribution in [0.4, 0.5) is 0 Å². The van der Waals surface area contributed by atoms with E-state index in [0.717, 1.165) is 25.0 Å². The van der Waals surface area contributed by atoms with Gasteiger partial charge in [0, 0.05) is 61.2 Å². The van der Waals surface area contributed by atoms with E-state index in [9.17, 15) is 14.4 Å². The van der Waals surface area contributed by atoms with Crippen LogP contribution in [0.2, 0.25) is 0 Å². The van der Waals surface area contributed by atoms with Crippen LogP contribution in [0.3, 0.4) is 0 Å². The number of hydrogen-bond acceptors (Lipinski definition) is 8. The zero-order valence-electron chi connectivity index (χ0n) is 21.3. The second-order valence-corrected chi connectivity index (χ2v) is 12.6. The average molecular weight is 540 g/mol.